The third-order valence-corrected chi connectivity index (χ3v) is 6.35. The van der Waals surface area contributed by atoms with Crippen LogP contribution in [0.3, 0.4) is 0 Å². The van der Waals surface area contributed by atoms with Crippen LogP contribution < -0.4 is 14.4 Å². The number of hydrogen-bond donors (Lipinski definition) is 1. The number of nitrogens with one attached hydrogen (secondary N) is 1. The molecule has 1 N–H and O–H groups in total. The lowest BCUT2D eigenvalue weighted by atomic mass is 10.2. The van der Waals surface area contributed by atoms with Crippen molar-refractivity contribution >= 4 is 27.3 Å². The summed E-state index contributed by atoms with van der Waals surface area (Å²) < 4.78 is 33.5. The predicted molar refractivity (Wildman–Crippen MR) is 119 cm³/mol. The van der Waals surface area contributed by atoms with E-state index in [2.05, 4.69) is 5.32 Å². The molecule has 0 saturated carbocycles. The molecule has 0 unspecified atom stereocenters. The van der Waals surface area contributed by atoms with Gasteiger partial charge in [-0.15, -0.1) is 0 Å². The molecule has 156 valence electrons. The summed E-state index contributed by atoms with van der Waals surface area (Å²) in [7, 11) is -2.65. The number of sulfonamides is 1. The van der Waals surface area contributed by atoms with E-state index < -0.39 is 15.9 Å². The Labute approximate surface area is 177 Å². The van der Waals surface area contributed by atoms with E-state index in [0.717, 1.165) is 15.4 Å². The zero-order chi connectivity index (χ0) is 21.7. The maximum Gasteiger partial charge on any atom is 0.268 e. The van der Waals surface area contributed by atoms with Gasteiger partial charge in [0.15, 0.2) is 0 Å². The fourth-order valence-electron chi connectivity index (χ4n) is 2.98. The number of rotatable bonds is 7. The van der Waals surface area contributed by atoms with E-state index in [-0.39, 0.29) is 17.2 Å². The number of benzene rings is 3. The average Bonchev–Trinajstić information content (AvgIpc) is 2.74. The van der Waals surface area contributed by atoms with Gasteiger partial charge < -0.3 is 10.1 Å². The largest absolute Gasteiger partial charge is 0.495 e. The fraction of sp³-hybridized carbons (Fsp3) is 0.174. The van der Waals surface area contributed by atoms with Crippen molar-refractivity contribution in [2.45, 2.75) is 18.7 Å². The number of aryl methyl sites for hydroxylation is 2. The molecule has 0 aliphatic heterocycles. The van der Waals surface area contributed by atoms with Gasteiger partial charge >= 0.3 is 0 Å². The van der Waals surface area contributed by atoms with E-state index in [4.69, 9.17) is 4.74 Å². The maximum absolute atomic E-state index is 13.6. The number of methoxy groups -OCH3 is 1. The number of ether oxygens (including phenoxy) is 1. The number of nitrogens with zero attached hydrogens (tertiary/aromatic N) is 1. The molecule has 0 aromatic heterocycles. The molecule has 0 saturated heterocycles. The van der Waals surface area contributed by atoms with E-state index >= 15 is 0 Å². The van der Waals surface area contributed by atoms with Crippen LogP contribution in [-0.2, 0) is 14.8 Å². The number of para-hydroxylation sites is 1. The summed E-state index contributed by atoms with van der Waals surface area (Å²) in [4.78, 5) is 12.7. The van der Waals surface area contributed by atoms with Crippen molar-refractivity contribution in [3.8, 4) is 5.75 Å². The summed E-state index contributed by atoms with van der Waals surface area (Å²) in [5, 5.41) is 2.76. The van der Waals surface area contributed by atoms with Crippen LogP contribution in [0.4, 0.5) is 11.4 Å². The Kier molecular flexibility index (Phi) is 6.42. The van der Waals surface area contributed by atoms with Gasteiger partial charge in [-0.1, -0.05) is 42.0 Å². The van der Waals surface area contributed by atoms with Crippen molar-refractivity contribution in [2.75, 3.05) is 23.3 Å². The Balaban J connectivity index is 1.98. The molecule has 3 aromatic rings. The zero-order valence-corrected chi connectivity index (χ0v) is 17.9. The number of carbonyl (C=O) groups excluding carboxylic acids is 1. The summed E-state index contributed by atoms with van der Waals surface area (Å²) in [5.74, 6) is -0.224. The number of amides is 1. The van der Waals surface area contributed by atoms with E-state index in [1.54, 1.807) is 67.6 Å². The van der Waals surface area contributed by atoms with E-state index in [1.165, 1.54) is 7.11 Å². The Morgan fingerprint density at radius 2 is 1.57 bits per heavy atom. The Hall–Kier alpha value is -3.32. The van der Waals surface area contributed by atoms with Crippen LogP contribution in [0.1, 0.15) is 11.1 Å². The Morgan fingerprint density at radius 1 is 0.933 bits per heavy atom. The van der Waals surface area contributed by atoms with E-state index in [1.807, 2.05) is 19.1 Å². The summed E-state index contributed by atoms with van der Waals surface area (Å²) in [6, 6.07) is 20.8. The van der Waals surface area contributed by atoms with Crippen molar-refractivity contribution in [1.82, 2.24) is 0 Å². The SMILES string of the molecule is COc1ccc(C)cc1S(=O)(=O)N(CC(=O)Nc1ccc(C)cc1)c1ccccc1. The third-order valence-electron chi connectivity index (χ3n) is 4.55. The van der Waals surface area contributed by atoms with Gasteiger partial charge in [0.1, 0.15) is 17.2 Å². The highest BCUT2D eigenvalue weighted by Crippen LogP contribution is 2.30. The first-order valence-electron chi connectivity index (χ1n) is 9.40. The fourth-order valence-corrected chi connectivity index (χ4v) is 4.65. The highest BCUT2D eigenvalue weighted by molar-refractivity contribution is 7.93. The minimum Gasteiger partial charge on any atom is -0.495 e. The van der Waals surface area contributed by atoms with Crippen LogP contribution in [0.5, 0.6) is 5.75 Å². The predicted octanol–water partition coefficient (Wildman–Crippen LogP) is 4.15. The standard InChI is InChI=1S/C23H24N2O4S/c1-17-9-12-19(13-10-17)24-23(26)16-25(20-7-5-4-6-8-20)30(27,28)22-15-18(2)11-14-21(22)29-3/h4-15H,16H2,1-3H3,(H,24,26). The van der Waals surface area contributed by atoms with Gasteiger partial charge in [0, 0.05) is 5.69 Å². The molecule has 0 fully saturated rings. The van der Waals surface area contributed by atoms with Crippen molar-refractivity contribution in [1.29, 1.82) is 0 Å². The van der Waals surface area contributed by atoms with Gasteiger partial charge in [0.25, 0.3) is 10.0 Å². The second-order valence-electron chi connectivity index (χ2n) is 6.92. The van der Waals surface area contributed by atoms with Crippen LogP contribution in [0, 0.1) is 13.8 Å². The molecule has 30 heavy (non-hydrogen) atoms. The van der Waals surface area contributed by atoms with Crippen molar-refractivity contribution in [2.24, 2.45) is 0 Å². The third kappa shape index (κ3) is 4.80. The molecule has 0 spiro atoms. The zero-order valence-electron chi connectivity index (χ0n) is 17.1. The average molecular weight is 425 g/mol. The Bertz CT molecular complexity index is 1130. The van der Waals surface area contributed by atoms with Gasteiger partial charge in [-0.2, -0.15) is 0 Å². The molecular formula is C23H24N2O4S. The number of anilines is 2. The molecule has 3 aromatic carbocycles. The van der Waals surface area contributed by atoms with Gasteiger partial charge in [0.05, 0.1) is 12.8 Å². The van der Waals surface area contributed by atoms with Crippen LogP contribution >= 0.6 is 0 Å². The van der Waals surface area contributed by atoms with Gasteiger partial charge in [-0.05, 0) is 55.8 Å². The van der Waals surface area contributed by atoms with Crippen LogP contribution in [0.25, 0.3) is 0 Å². The summed E-state index contributed by atoms with van der Waals surface area (Å²) in [5.41, 5.74) is 2.82. The van der Waals surface area contributed by atoms with Crippen LogP contribution in [0.2, 0.25) is 0 Å². The molecule has 3 rings (SSSR count). The lowest BCUT2D eigenvalue weighted by molar-refractivity contribution is -0.114. The molecule has 7 heteroatoms. The highest BCUT2D eigenvalue weighted by atomic mass is 32.2. The van der Waals surface area contributed by atoms with E-state index in [0.29, 0.717) is 11.4 Å². The van der Waals surface area contributed by atoms with Crippen molar-refractivity contribution < 1.29 is 17.9 Å². The van der Waals surface area contributed by atoms with Crippen LogP contribution in [0.15, 0.2) is 77.7 Å². The van der Waals surface area contributed by atoms with Crippen LogP contribution in [-0.4, -0.2) is 28.0 Å². The van der Waals surface area contributed by atoms with E-state index in [9.17, 15) is 13.2 Å². The normalized spacial score (nSPS) is 11.0. The van der Waals surface area contributed by atoms with Gasteiger partial charge in [-0.3, -0.25) is 9.10 Å². The summed E-state index contributed by atoms with van der Waals surface area (Å²) >= 11 is 0. The molecule has 0 bridgehead atoms. The molecule has 0 aliphatic carbocycles. The topological polar surface area (TPSA) is 75.7 Å². The lowest BCUT2D eigenvalue weighted by Gasteiger charge is -2.25. The second kappa shape index (κ2) is 9.00. The smallest absolute Gasteiger partial charge is 0.268 e. The first-order chi connectivity index (χ1) is 14.3. The second-order valence-corrected chi connectivity index (χ2v) is 8.75. The molecule has 0 aliphatic rings. The first kappa shape index (κ1) is 21.4. The minimum atomic E-state index is -4.07. The summed E-state index contributed by atoms with van der Waals surface area (Å²) in [6.45, 7) is 3.37. The Morgan fingerprint density at radius 3 is 2.20 bits per heavy atom. The van der Waals surface area contributed by atoms with Gasteiger partial charge in [0.2, 0.25) is 5.91 Å². The monoisotopic (exact) mass is 424 g/mol. The van der Waals surface area contributed by atoms with Gasteiger partial charge in [-0.25, -0.2) is 8.42 Å². The van der Waals surface area contributed by atoms with Crippen molar-refractivity contribution in [3.63, 3.8) is 0 Å². The number of carbonyl (C=O) groups is 1. The minimum absolute atomic E-state index is 0.0111. The molecule has 0 atom stereocenters. The maximum atomic E-state index is 13.6. The first-order valence-corrected chi connectivity index (χ1v) is 10.8. The molecular weight excluding hydrogens is 400 g/mol. The molecule has 6 nitrogen and oxygen atoms in total. The molecule has 1 amide bonds. The number of hydrogen-bond acceptors (Lipinski definition) is 4. The highest BCUT2D eigenvalue weighted by Gasteiger charge is 2.30. The lowest BCUT2D eigenvalue weighted by Crippen LogP contribution is -2.38. The molecule has 0 radical (unpaired) electrons. The molecule has 0 heterocycles. The summed E-state index contributed by atoms with van der Waals surface area (Å²) in [6.07, 6.45) is 0. The quantitative estimate of drug-likeness (QED) is 0.618. The van der Waals surface area contributed by atoms with Crippen molar-refractivity contribution in [3.05, 3.63) is 83.9 Å².